The Morgan fingerprint density at radius 3 is 2.40 bits per heavy atom. The molecule has 1 aliphatic carbocycles. The number of esters is 1. The molecule has 1 N–H and O–H groups in total. The van der Waals surface area contributed by atoms with Crippen molar-refractivity contribution >= 4 is 31.3 Å². The lowest BCUT2D eigenvalue weighted by Crippen LogP contribution is -2.50. The van der Waals surface area contributed by atoms with Crippen molar-refractivity contribution in [3.05, 3.63) is 118 Å². The number of nitrogens with one attached hydrogen (secondary N) is 1. The van der Waals surface area contributed by atoms with Crippen LogP contribution in [0, 0.1) is 0 Å². The van der Waals surface area contributed by atoms with E-state index >= 15 is 0 Å². The number of pyridine rings is 1. The Bertz CT molecular complexity index is 1510. The average molecular weight is 588 g/mol. The van der Waals surface area contributed by atoms with Gasteiger partial charge in [0.1, 0.15) is 17.6 Å². The van der Waals surface area contributed by atoms with Crippen LogP contribution < -0.4 is 10.9 Å². The number of benzene rings is 2. The van der Waals surface area contributed by atoms with Gasteiger partial charge in [0.25, 0.3) is 11.5 Å². The zero-order valence-electron chi connectivity index (χ0n) is 23.8. The Balaban J connectivity index is 0.00000405. The molecule has 1 aromatic heterocycles. The largest absolute Gasteiger partial charge is 0.461 e. The first-order valence-electron chi connectivity index (χ1n) is 14.0. The van der Waals surface area contributed by atoms with Crippen molar-refractivity contribution < 1.29 is 19.1 Å². The zero-order valence-corrected chi connectivity index (χ0v) is 24.8. The molecule has 2 aliphatic rings. The molecule has 1 aliphatic heterocycles. The predicted octanol–water partition coefficient (Wildman–Crippen LogP) is 3.81. The number of likely N-dealkylation sites (tertiary alicyclic amines) is 1. The molecule has 0 saturated carbocycles. The quantitative estimate of drug-likeness (QED) is 0.335. The van der Waals surface area contributed by atoms with Crippen LogP contribution in [0.15, 0.2) is 90.4 Å². The normalized spacial score (nSPS) is 20.0. The highest BCUT2D eigenvalue weighted by Crippen LogP contribution is 2.48. The highest BCUT2D eigenvalue weighted by molar-refractivity contribution is 7.59. The Kier molecular flexibility index (Phi) is 9.73. The van der Waals surface area contributed by atoms with Gasteiger partial charge in [0.2, 0.25) is 5.91 Å². The predicted molar refractivity (Wildman–Crippen MR) is 166 cm³/mol. The van der Waals surface area contributed by atoms with E-state index in [1.54, 1.807) is 25.4 Å². The van der Waals surface area contributed by atoms with Crippen LogP contribution in [0.1, 0.15) is 58.6 Å². The number of carbonyl (C=O) groups excluding carboxylic acids is 3. The van der Waals surface area contributed by atoms with Crippen molar-refractivity contribution in [3.8, 4) is 0 Å². The minimum atomic E-state index is -1.01. The van der Waals surface area contributed by atoms with Gasteiger partial charge >= 0.3 is 5.97 Å². The van der Waals surface area contributed by atoms with E-state index in [4.69, 9.17) is 4.74 Å². The highest BCUT2D eigenvalue weighted by Gasteiger charge is 2.50. The Morgan fingerprint density at radius 2 is 1.69 bits per heavy atom. The van der Waals surface area contributed by atoms with Gasteiger partial charge in [-0.3, -0.25) is 19.2 Å². The van der Waals surface area contributed by atoms with Gasteiger partial charge in [-0.25, -0.2) is 0 Å². The number of amides is 2. The number of fused-ring (bicyclic) bond motifs is 1. The zero-order chi connectivity index (χ0) is 29.0. The van der Waals surface area contributed by atoms with E-state index in [2.05, 4.69) is 11.9 Å². The Morgan fingerprint density at radius 1 is 1.00 bits per heavy atom. The maximum atomic E-state index is 13.9. The fraction of sp³-hybridized carbons (Fsp3) is 0.333. The van der Waals surface area contributed by atoms with Crippen molar-refractivity contribution in [2.24, 2.45) is 7.05 Å². The first-order chi connectivity index (χ1) is 19.9. The molecule has 220 valence electrons. The molecule has 2 atom stereocenters. The first kappa shape index (κ1) is 30.8. The van der Waals surface area contributed by atoms with E-state index in [1.807, 2.05) is 59.5 Å². The van der Waals surface area contributed by atoms with Crippen LogP contribution in [-0.4, -0.2) is 53.0 Å². The van der Waals surface area contributed by atoms with Crippen molar-refractivity contribution in [3.63, 3.8) is 0 Å². The van der Waals surface area contributed by atoms with Crippen molar-refractivity contribution in [2.45, 2.75) is 43.1 Å². The number of rotatable bonds is 7. The van der Waals surface area contributed by atoms with E-state index in [-0.39, 0.29) is 55.1 Å². The number of carbonyl (C=O) groups is 3. The number of aromatic nitrogens is 1. The summed E-state index contributed by atoms with van der Waals surface area (Å²) in [5.74, 6) is -1.08. The molecule has 2 heterocycles. The van der Waals surface area contributed by atoms with Gasteiger partial charge in [0, 0.05) is 32.4 Å². The third-order valence-corrected chi connectivity index (χ3v) is 8.36. The second-order valence-electron chi connectivity index (χ2n) is 10.7. The van der Waals surface area contributed by atoms with E-state index in [9.17, 15) is 19.2 Å². The summed E-state index contributed by atoms with van der Waals surface area (Å²) in [6.07, 6.45) is 5.31. The molecule has 5 rings (SSSR count). The summed E-state index contributed by atoms with van der Waals surface area (Å²) in [6.45, 7) is 4.80. The number of ether oxygens (including phenoxy) is 1. The highest BCUT2D eigenvalue weighted by atomic mass is 32.1. The van der Waals surface area contributed by atoms with Gasteiger partial charge in [0.15, 0.2) is 0 Å². The molecule has 2 amide bonds. The molecule has 1 fully saturated rings. The van der Waals surface area contributed by atoms with E-state index in [0.29, 0.717) is 38.8 Å². The van der Waals surface area contributed by atoms with Crippen molar-refractivity contribution in [1.29, 1.82) is 0 Å². The summed E-state index contributed by atoms with van der Waals surface area (Å²) >= 11 is 0. The summed E-state index contributed by atoms with van der Waals surface area (Å²) < 4.78 is 7.02. The molecule has 1 saturated heterocycles. The summed E-state index contributed by atoms with van der Waals surface area (Å²) in [5.41, 5.74) is 1.25. The van der Waals surface area contributed by atoms with Gasteiger partial charge in [-0.2, -0.15) is 13.5 Å². The SMILES string of the molecule is C=CCOC(=O)[C@]1(c2ccccc2)CC[C@@H](C(=O)N2CCC(NC(=O)c3cccn(C)c3=O)CC2)c2ccccc21.S. The van der Waals surface area contributed by atoms with Crippen LogP contribution in [0.4, 0.5) is 0 Å². The standard InChI is InChI=1S/C33H35N3O5.H2S/c1-3-22-41-32(40)33(23-10-5-4-6-11-23)18-15-26(25-12-7-8-14-28(25)33)31(39)36-20-16-24(17-21-36)34-29(37)27-13-9-19-35(2)30(27)38;/h3-14,19,24,26H,1,15-18,20-22H2,2H3,(H,34,37);1H2/t26-,33+;/m1./s1. The lowest BCUT2D eigenvalue weighted by molar-refractivity contribution is -0.149. The molecule has 8 nitrogen and oxygen atoms in total. The third-order valence-electron chi connectivity index (χ3n) is 8.36. The van der Waals surface area contributed by atoms with Crippen LogP contribution in [0.25, 0.3) is 0 Å². The molecule has 3 aromatic rings. The smallest absolute Gasteiger partial charge is 0.321 e. The summed E-state index contributed by atoms with van der Waals surface area (Å²) in [7, 11) is 1.61. The molecule has 0 unspecified atom stereocenters. The van der Waals surface area contributed by atoms with Crippen LogP contribution in [0.2, 0.25) is 0 Å². The van der Waals surface area contributed by atoms with Crippen LogP contribution in [0.3, 0.4) is 0 Å². The summed E-state index contributed by atoms with van der Waals surface area (Å²) in [5, 5.41) is 2.97. The van der Waals surface area contributed by atoms with Gasteiger partial charge in [0.05, 0.1) is 5.92 Å². The summed E-state index contributed by atoms with van der Waals surface area (Å²) in [4.78, 5) is 54.5. The maximum absolute atomic E-state index is 13.9. The Hall–Kier alpha value is -4.11. The number of hydrogen-bond acceptors (Lipinski definition) is 5. The van der Waals surface area contributed by atoms with Crippen LogP contribution in [-0.2, 0) is 26.8 Å². The van der Waals surface area contributed by atoms with Crippen molar-refractivity contribution in [2.75, 3.05) is 19.7 Å². The lowest BCUT2D eigenvalue weighted by atomic mass is 9.63. The minimum absolute atomic E-state index is 0. The average Bonchev–Trinajstić information content (AvgIpc) is 3.01. The number of piperidine rings is 1. The summed E-state index contributed by atoms with van der Waals surface area (Å²) in [6, 6.07) is 20.4. The molecule has 0 radical (unpaired) electrons. The lowest BCUT2D eigenvalue weighted by Gasteiger charge is -2.42. The first-order valence-corrected chi connectivity index (χ1v) is 14.0. The molecule has 0 spiro atoms. The van der Waals surface area contributed by atoms with Gasteiger partial charge in [-0.05, 0) is 54.5 Å². The van der Waals surface area contributed by atoms with Crippen LogP contribution >= 0.6 is 13.5 Å². The number of nitrogens with zero attached hydrogens (tertiary/aromatic N) is 2. The third kappa shape index (κ3) is 5.79. The fourth-order valence-electron chi connectivity index (χ4n) is 6.21. The fourth-order valence-corrected chi connectivity index (χ4v) is 6.21. The van der Waals surface area contributed by atoms with E-state index < -0.39 is 11.3 Å². The maximum Gasteiger partial charge on any atom is 0.321 e. The van der Waals surface area contributed by atoms with Crippen LogP contribution in [0.5, 0.6) is 0 Å². The molecular formula is C33H37N3O5S. The van der Waals surface area contributed by atoms with Gasteiger partial charge < -0.3 is 19.5 Å². The second kappa shape index (κ2) is 13.2. The molecule has 42 heavy (non-hydrogen) atoms. The Labute approximate surface area is 252 Å². The monoisotopic (exact) mass is 587 g/mol. The van der Waals surface area contributed by atoms with E-state index in [0.717, 1.165) is 16.7 Å². The van der Waals surface area contributed by atoms with Gasteiger partial charge in [-0.1, -0.05) is 67.3 Å². The topological polar surface area (TPSA) is 97.7 Å². The van der Waals surface area contributed by atoms with Crippen molar-refractivity contribution in [1.82, 2.24) is 14.8 Å². The second-order valence-corrected chi connectivity index (χ2v) is 10.7. The van der Waals surface area contributed by atoms with E-state index in [1.165, 1.54) is 10.6 Å². The minimum Gasteiger partial charge on any atom is -0.461 e. The molecular weight excluding hydrogens is 550 g/mol. The van der Waals surface area contributed by atoms with Gasteiger partial charge in [-0.15, -0.1) is 0 Å². The number of hydrogen-bond donors (Lipinski definition) is 1. The molecule has 0 bridgehead atoms. The molecule has 2 aromatic carbocycles. The molecule has 9 heteroatoms. The number of aryl methyl sites for hydroxylation is 1.